The molecule has 1 saturated heterocycles. The van der Waals surface area contributed by atoms with Crippen molar-refractivity contribution in [2.45, 2.75) is 31.9 Å². The van der Waals surface area contributed by atoms with Crippen molar-refractivity contribution >= 4 is 0 Å². The van der Waals surface area contributed by atoms with Gasteiger partial charge in [0.25, 0.3) is 0 Å². The number of nitrogens with one attached hydrogen (secondary N) is 1. The molecular formula is C6H13NO. The zero-order valence-electron chi connectivity index (χ0n) is 5.22. The first kappa shape index (κ1) is 6.05. The highest BCUT2D eigenvalue weighted by Crippen LogP contribution is 2.06. The summed E-state index contributed by atoms with van der Waals surface area (Å²) >= 11 is 0. The fourth-order valence-electron chi connectivity index (χ4n) is 1.03. The number of aliphatic hydroxyl groups excluding tert-OH is 1. The first-order valence-electron chi connectivity index (χ1n) is 3.22. The standard InChI is InChI=1S/C6H13NO/c1-5-6(8)3-2-4-7-5/h5-8H,2-4H2,1H3/t5-,6?/m1/s1. The van der Waals surface area contributed by atoms with Gasteiger partial charge in [0.1, 0.15) is 0 Å². The van der Waals surface area contributed by atoms with Crippen LogP contribution < -0.4 is 5.32 Å². The van der Waals surface area contributed by atoms with E-state index in [4.69, 9.17) is 5.11 Å². The van der Waals surface area contributed by atoms with Crippen LogP contribution in [0.4, 0.5) is 0 Å². The highest BCUT2D eigenvalue weighted by molar-refractivity contribution is 4.75. The van der Waals surface area contributed by atoms with Gasteiger partial charge >= 0.3 is 0 Å². The maximum absolute atomic E-state index is 9.12. The molecule has 0 radical (unpaired) electrons. The molecule has 0 bridgehead atoms. The van der Waals surface area contributed by atoms with Crippen molar-refractivity contribution in [2.75, 3.05) is 6.54 Å². The van der Waals surface area contributed by atoms with E-state index in [0.717, 1.165) is 19.4 Å². The van der Waals surface area contributed by atoms with Crippen LogP contribution in [0.3, 0.4) is 0 Å². The quantitative estimate of drug-likeness (QED) is 0.470. The largest absolute Gasteiger partial charge is 0.392 e. The van der Waals surface area contributed by atoms with E-state index < -0.39 is 0 Å². The second-order valence-electron chi connectivity index (χ2n) is 2.45. The van der Waals surface area contributed by atoms with Gasteiger partial charge in [-0.25, -0.2) is 0 Å². The Labute approximate surface area is 49.9 Å². The third kappa shape index (κ3) is 1.20. The monoisotopic (exact) mass is 115 g/mol. The minimum Gasteiger partial charge on any atom is -0.392 e. The van der Waals surface area contributed by atoms with Crippen molar-refractivity contribution in [3.63, 3.8) is 0 Å². The van der Waals surface area contributed by atoms with Crippen LogP contribution in [0, 0.1) is 0 Å². The summed E-state index contributed by atoms with van der Waals surface area (Å²) in [6.07, 6.45) is 1.98. The molecule has 0 amide bonds. The molecule has 1 rings (SSSR count). The highest BCUT2D eigenvalue weighted by atomic mass is 16.3. The molecule has 0 saturated carbocycles. The summed E-state index contributed by atoms with van der Waals surface area (Å²) < 4.78 is 0. The van der Waals surface area contributed by atoms with E-state index in [2.05, 4.69) is 5.32 Å². The second kappa shape index (κ2) is 2.46. The van der Waals surface area contributed by atoms with Gasteiger partial charge in [-0.05, 0) is 26.3 Å². The maximum Gasteiger partial charge on any atom is 0.0690 e. The molecule has 0 aromatic carbocycles. The van der Waals surface area contributed by atoms with Gasteiger partial charge in [-0.2, -0.15) is 0 Å². The van der Waals surface area contributed by atoms with Gasteiger partial charge in [0.2, 0.25) is 0 Å². The van der Waals surface area contributed by atoms with E-state index in [0.29, 0.717) is 6.04 Å². The molecule has 1 fully saturated rings. The summed E-state index contributed by atoms with van der Waals surface area (Å²) in [5.41, 5.74) is 0. The zero-order valence-corrected chi connectivity index (χ0v) is 5.22. The average Bonchev–Trinajstić information content (AvgIpc) is 1.77. The molecule has 2 N–H and O–H groups in total. The van der Waals surface area contributed by atoms with Crippen molar-refractivity contribution < 1.29 is 5.11 Å². The number of piperidine rings is 1. The second-order valence-corrected chi connectivity index (χ2v) is 2.45. The summed E-state index contributed by atoms with van der Waals surface area (Å²) in [5, 5.41) is 12.3. The maximum atomic E-state index is 9.12. The fraction of sp³-hybridized carbons (Fsp3) is 1.00. The van der Waals surface area contributed by atoms with Gasteiger partial charge < -0.3 is 10.4 Å². The Kier molecular flexibility index (Phi) is 1.86. The Morgan fingerprint density at radius 2 is 2.38 bits per heavy atom. The van der Waals surface area contributed by atoms with E-state index in [9.17, 15) is 0 Å². The Morgan fingerprint density at radius 1 is 1.62 bits per heavy atom. The molecule has 2 nitrogen and oxygen atoms in total. The molecule has 48 valence electrons. The van der Waals surface area contributed by atoms with Gasteiger partial charge in [-0.3, -0.25) is 0 Å². The average molecular weight is 115 g/mol. The topological polar surface area (TPSA) is 32.3 Å². The smallest absolute Gasteiger partial charge is 0.0690 e. The van der Waals surface area contributed by atoms with Gasteiger partial charge in [0.05, 0.1) is 6.10 Å². The van der Waals surface area contributed by atoms with Crippen LogP contribution in [-0.2, 0) is 0 Å². The normalized spacial score (nSPS) is 39.8. The minimum atomic E-state index is -0.108. The van der Waals surface area contributed by atoms with Crippen LogP contribution in [0.1, 0.15) is 19.8 Å². The van der Waals surface area contributed by atoms with Crippen molar-refractivity contribution in [3.05, 3.63) is 0 Å². The third-order valence-electron chi connectivity index (χ3n) is 1.72. The van der Waals surface area contributed by atoms with E-state index in [1.807, 2.05) is 6.92 Å². The zero-order chi connectivity index (χ0) is 5.98. The molecule has 2 atom stereocenters. The van der Waals surface area contributed by atoms with Crippen LogP contribution >= 0.6 is 0 Å². The van der Waals surface area contributed by atoms with E-state index in [-0.39, 0.29) is 6.10 Å². The molecule has 1 aliphatic heterocycles. The number of hydrogen-bond acceptors (Lipinski definition) is 2. The summed E-state index contributed by atoms with van der Waals surface area (Å²) in [7, 11) is 0. The molecular weight excluding hydrogens is 102 g/mol. The molecule has 0 aliphatic carbocycles. The highest BCUT2D eigenvalue weighted by Gasteiger charge is 2.16. The van der Waals surface area contributed by atoms with Crippen LogP contribution in [0.25, 0.3) is 0 Å². The minimum absolute atomic E-state index is 0.108. The summed E-state index contributed by atoms with van der Waals surface area (Å²) in [6.45, 7) is 3.09. The Balaban J connectivity index is 2.28. The molecule has 8 heavy (non-hydrogen) atoms. The van der Waals surface area contributed by atoms with Gasteiger partial charge in [0, 0.05) is 6.04 Å². The Bertz CT molecular complexity index is 64.9. The van der Waals surface area contributed by atoms with Crippen molar-refractivity contribution in [2.24, 2.45) is 0 Å². The number of rotatable bonds is 0. The van der Waals surface area contributed by atoms with Crippen molar-refractivity contribution in [1.29, 1.82) is 0 Å². The summed E-state index contributed by atoms with van der Waals surface area (Å²) in [5.74, 6) is 0. The van der Waals surface area contributed by atoms with Gasteiger partial charge in [0.15, 0.2) is 0 Å². The first-order chi connectivity index (χ1) is 3.80. The lowest BCUT2D eigenvalue weighted by molar-refractivity contribution is 0.104. The molecule has 2 heteroatoms. The number of hydrogen-bond donors (Lipinski definition) is 2. The lowest BCUT2D eigenvalue weighted by Gasteiger charge is -2.25. The summed E-state index contributed by atoms with van der Waals surface area (Å²) in [4.78, 5) is 0. The SMILES string of the molecule is C[C@H]1NCCCC1O. The Morgan fingerprint density at radius 3 is 2.75 bits per heavy atom. The van der Waals surface area contributed by atoms with Crippen molar-refractivity contribution in [3.8, 4) is 0 Å². The predicted molar refractivity (Wildman–Crippen MR) is 32.7 cm³/mol. The Hall–Kier alpha value is -0.0800. The molecule has 1 unspecified atom stereocenters. The molecule has 0 aromatic heterocycles. The molecule has 1 aliphatic rings. The van der Waals surface area contributed by atoms with E-state index >= 15 is 0 Å². The van der Waals surface area contributed by atoms with E-state index in [1.54, 1.807) is 0 Å². The van der Waals surface area contributed by atoms with Gasteiger partial charge in [-0.1, -0.05) is 0 Å². The molecule has 0 spiro atoms. The fourth-order valence-corrected chi connectivity index (χ4v) is 1.03. The van der Waals surface area contributed by atoms with Gasteiger partial charge in [-0.15, -0.1) is 0 Å². The predicted octanol–water partition coefficient (Wildman–Crippen LogP) is 0.119. The van der Waals surface area contributed by atoms with Crippen molar-refractivity contribution in [1.82, 2.24) is 5.32 Å². The van der Waals surface area contributed by atoms with Crippen LogP contribution in [0.2, 0.25) is 0 Å². The lowest BCUT2D eigenvalue weighted by Crippen LogP contribution is -2.42. The first-order valence-corrected chi connectivity index (χ1v) is 3.22. The van der Waals surface area contributed by atoms with Crippen LogP contribution in [-0.4, -0.2) is 23.8 Å². The number of aliphatic hydroxyl groups is 1. The van der Waals surface area contributed by atoms with Crippen LogP contribution in [0.15, 0.2) is 0 Å². The lowest BCUT2D eigenvalue weighted by atomic mass is 10.0. The van der Waals surface area contributed by atoms with Crippen LogP contribution in [0.5, 0.6) is 0 Å². The summed E-state index contributed by atoms with van der Waals surface area (Å²) in [6, 6.07) is 0.309. The third-order valence-corrected chi connectivity index (χ3v) is 1.72. The molecule has 0 aromatic rings. The molecule has 1 heterocycles. The van der Waals surface area contributed by atoms with E-state index in [1.165, 1.54) is 0 Å².